The minimum atomic E-state index is -0.345. The molecule has 1 unspecified atom stereocenters. The zero-order valence-electron chi connectivity index (χ0n) is 20.3. The van der Waals surface area contributed by atoms with Crippen molar-refractivity contribution in [3.63, 3.8) is 0 Å². The van der Waals surface area contributed by atoms with Gasteiger partial charge in [0.2, 0.25) is 0 Å². The normalized spacial score (nSPS) is 20.7. The van der Waals surface area contributed by atoms with Crippen molar-refractivity contribution < 1.29 is 19.1 Å². The number of anilines is 1. The molecular formula is C27H30ClN3O4. The number of fused-ring (bicyclic) bond motifs is 2. The molecule has 0 bridgehead atoms. The molecule has 184 valence electrons. The molecule has 3 aliphatic heterocycles. The summed E-state index contributed by atoms with van der Waals surface area (Å²) in [7, 11) is 0. The van der Waals surface area contributed by atoms with Crippen LogP contribution in [-0.4, -0.2) is 60.4 Å². The molecule has 5 rings (SSSR count). The van der Waals surface area contributed by atoms with Crippen LogP contribution in [0.1, 0.15) is 54.7 Å². The minimum absolute atomic E-state index is 0.0623. The fourth-order valence-corrected chi connectivity index (χ4v) is 5.39. The van der Waals surface area contributed by atoms with Gasteiger partial charge in [0.15, 0.2) is 0 Å². The molecule has 35 heavy (non-hydrogen) atoms. The van der Waals surface area contributed by atoms with E-state index in [1.54, 1.807) is 9.80 Å². The molecule has 0 saturated carbocycles. The fourth-order valence-electron chi connectivity index (χ4n) is 5.22. The van der Waals surface area contributed by atoms with Gasteiger partial charge in [-0.15, -0.1) is 0 Å². The summed E-state index contributed by atoms with van der Waals surface area (Å²) in [5, 5.41) is 4.17. The van der Waals surface area contributed by atoms with Gasteiger partial charge in [-0.2, -0.15) is 0 Å². The van der Waals surface area contributed by atoms with Crippen molar-refractivity contribution in [1.29, 1.82) is 0 Å². The monoisotopic (exact) mass is 495 g/mol. The Morgan fingerprint density at radius 2 is 1.97 bits per heavy atom. The van der Waals surface area contributed by atoms with Crippen LogP contribution in [0.15, 0.2) is 48.0 Å². The van der Waals surface area contributed by atoms with E-state index >= 15 is 0 Å². The van der Waals surface area contributed by atoms with Gasteiger partial charge in [0.25, 0.3) is 5.91 Å². The Morgan fingerprint density at radius 3 is 2.66 bits per heavy atom. The topological polar surface area (TPSA) is 71.1 Å². The molecule has 0 radical (unpaired) electrons. The zero-order valence-corrected chi connectivity index (χ0v) is 21.0. The Kier molecular flexibility index (Phi) is 6.23. The summed E-state index contributed by atoms with van der Waals surface area (Å²) in [6, 6.07) is 13.1. The Balaban J connectivity index is 1.52. The van der Waals surface area contributed by atoms with Crippen LogP contribution in [0.4, 0.5) is 10.5 Å². The van der Waals surface area contributed by atoms with E-state index in [2.05, 4.69) is 5.32 Å². The van der Waals surface area contributed by atoms with E-state index in [9.17, 15) is 9.59 Å². The van der Waals surface area contributed by atoms with Crippen molar-refractivity contribution in [3.05, 3.63) is 69.8 Å². The number of carbonyl (C=O) groups is 2. The maximum absolute atomic E-state index is 13.1. The fraction of sp³-hybridized carbons (Fsp3) is 0.407. The number of rotatable bonds is 3. The number of halogens is 1. The van der Waals surface area contributed by atoms with E-state index in [1.807, 2.05) is 63.2 Å². The van der Waals surface area contributed by atoms with Crippen molar-refractivity contribution in [2.24, 2.45) is 0 Å². The molecule has 3 aliphatic rings. The highest BCUT2D eigenvalue weighted by molar-refractivity contribution is 6.31. The number of carbonyl (C=O) groups excluding carboxylic acids is 2. The third-order valence-electron chi connectivity index (χ3n) is 7.04. The lowest BCUT2D eigenvalue weighted by atomic mass is 9.82. The van der Waals surface area contributed by atoms with Crippen molar-refractivity contribution in [1.82, 2.24) is 9.80 Å². The zero-order chi connectivity index (χ0) is 24.7. The highest BCUT2D eigenvalue weighted by atomic mass is 35.5. The molecule has 8 heteroatoms. The van der Waals surface area contributed by atoms with Gasteiger partial charge >= 0.3 is 6.09 Å². The summed E-state index contributed by atoms with van der Waals surface area (Å²) in [6.45, 7) is 8.08. The average molecular weight is 496 g/mol. The van der Waals surface area contributed by atoms with E-state index in [1.165, 1.54) is 5.57 Å². The van der Waals surface area contributed by atoms with Crippen LogP contribution in [-0.2, 0) is 9.47 Å². The highest BCUT2D eigenvalue weighted by Gasteiger charge is 2.39. The Bertz CT molecular complexity index is 1190. The lowest BCUT2D eigenvalue weighted by Gasteiger charge is -2.41. The molecule has 1 saturated heterocycles. The molecule has 2 amide bonds. The van der Waals surface area contributed by atoms with Crippen LogP contribution in [0.2, 0.25) is 5.02 Å². The first-order chi connectivity index (χ1) is 16.8. The summed E-state index contributed by atoms with van der Waals surface area (Å²) in [6.07, 6.45) is 0.386. The van der Waals surface area contributed by atoms with Crippen LogP contribution in [0, 0.1) is 0 Å². The van der Waals surface area contributed by atoms with Crippen LogP contribution < -0.4 is 5.32 Å². The van der Waals surface area contributed by atoms with Crippen LogP contribution in [0.25, 0.3) is 5.57 Å². The summed E-state index contributed by atoms with van der Waals surface area (Å²) < 4.78 is 10.9. The summed E-state index contributed by atoms with van der Waals surface area (Å²) in [4.78, 5) is 29.6. The third-order valence-corrected chi connectivity index (χ3v) is 7.27. The lowest BCUT2D eigenvalue weighted by Crippen LogP contribution is -2.44. The van der Waals surface area contributed by atoms with Crippen LogP contribution >= 0.6 is 11.6 Å². The lowest BCUT2D eigenvalue weighted by molar-refractivity contribution is 0.0605. The second kappa shape index (κ2) is 9.21. The second-order valence-corrected chi connectivity index (χ2v) is 10.2. The first-order valence-electron chi connectivity index (χ1n) is 12.0. The Hall–Kier alpha value is -3.03. The maximum atomic E-state index is 13.1. The standard InChI is InChI=1S/C27H30ClN3O4/c1-4-35-26(33)30-12-11-20-21-13-19(28)9-10-23(21)29-14-22(20)24(30)17-5-7-18(8-6-17)25(32)31-16-34-15-27(31,2)3/h5-10,13,24,29H,4,11-12,14-16H2,1-3H3. The van der Waals surface area contributed by atoms with Crippen LogP contribution in [0.3, 0.4) is 0 Å². The number of hydrogen-bond donors (Lipinski definition) is 1. The van der Waals surface area contributed by atoms with E-state index in [-0.39, 0.29) is 30.3 Å². The minimum Gasteiger partial charge on any atom is -0.450 e. The Morgan fingerprint density at radius 1 is 1.20 bits per heavy atom. The van der Waals surface area contributed by atoms with E-state index in [4.69, 9.17) is 21.1 Å². The molecule has 1 fully saturated rings. The molecule has 2 aromatic carbocycles. The Labute approximate surface area is 210 Å². The maximum Gasteiger partial charge on any atom is 0.410 e. The van der Waals surface area contributed by atoms with Crippen molar-refractivity contribution >= 4 is 34.9 Å². The van der Waals surface area contributed by atoms with Crippen molar-refractivity contribution in [2.75, 3.05) is 38.4 Å². The molecule has 1 atom stereocenters. The summed E-state index contributed by atoms with van der Waals surface area (Å²) >= 11 is 6.32. The quantitative estimate of drug-likeness (QED) is 0.623. The largest absolute Gasteiger partial charge is 0.450 e. The second-order valence-electron chi connectivity index (χ2n) is 9.74. The predicted octanol–water partition coefficient (Wildman–Crippen LogP) is 5.33. The molecule has 0 aliphatic carbocycles. The highest BCUT2D eigenvalue weighted by Crippen LogP contribution is 2.45. The molecule has 0 aromatic heterocycles. The van der Waals surface area contributed by atoms with Gasteiger partial charge in [-0.25, -0.2) is 4.79 Å². The molecule has 1 N–H and O–H groups in total. The molecule has 0 spiro atoms. The van der Waals surface area contributed by atoms with Crippen LogP contribution in [0.5, 0.6) is 0 Å². The van der Waals surface area contributed by atoms with Gasteiger partial charge < -0.3 is 19.7 Å². The predicted molar refractivity (Wildman–Crippen MR) is 135 cm³/mol. The van der Waals surface area contributed by atoms with Gasteiger partial charge in [0, 0.05) is 34.9 Å². The van der Waals surface area contributed by atoms with Gasteiger partial charge in [0.05, 0.1) is 24.8 Å². The SMILES string of the molecule is CCOC(=O)N1CCC2=C(CNc3ccc(Cl)cc32)C1c1ccc(C(=O)N2COCC2(C)C)cc1. The number of ether oxygens (including phenoxy) is 2. The molecule has 3 heterocycles. The first-order valence-corrected chi connectivity index (χ1v) is 12.4. The van der Waals surface area contributed by atoms with Crippen molar-refractivity contribution in [2.45, 2.75) is 38.8 Å². The van der Waals surface area contributed by atoms with E-state index < -0.39 is 0 Å². The summed E-state index contributed by atoms with van der Waals surface area (Å²) in [5.74, 6) is -0.0623. The number of nitrogens with one attached hydrogen (secondary N) is 1. The number of nitrogens with zero attached hydrogens (tertiary/aromatic N) is 2. The van der Waals surface area contributed by atoms with Gasteiger partial charge in [0.1, 0.15) is 6.73 Å². The van der Waals surface area contributed by atoms with Crippen molar-refractivity contribution in [3.8, 4) is 0 Å². The number of hydrogen-bond acceptors (Lipinski definition) is 5. The number of benzene rings is 2. The van der Waals surface area contributed by atoms with Gasteiger partial charge in [-0.3, -0.25) is 9.69 Å². The van der Waals surface area contributed by atoms with E-state index in [0.717, 1.165) is 28.8 Å². The van der Waals surface area contributed by atoms with E-state index in [0.29, 0.717) is 36.9 Å². The molecule has 7 nitrogen and oxygen atoms in total. The third kappa shape index (κ3) is 4.28. The number of amides is 2. The smallest absolute Gasteiger partial charge is 0.410 e. The molecular weight excluding hydrogens is 466 g/mol. The first kappa shape index (κ1) is 23.7. The summed E-state index contributed by atoms with van der Waals surface area (Å²) in [5.41, 5.74) is 5.64. The molecule has 2 aromatic rings. The van der Waals surface area contributed by atoms with Gasteiger partial charge in [-0.05, 0) is 74.2 Å². The average Bonchev–Trinajstić information content (AvgIpc) is 3.21. The van der Waals surface area contributed by atoms with Gasteiger partial charge in [-0.1, -0.05) is 23.7 Å².